The summed E-state index contributed by atoms with van der Waals surface area (Å²) < 4.78 is 1.57. The van der Waals surface area contributed by atoms with Gasteiger partial charge in [-0.15, -0.1) is 0 Å². The van der Waals surface area contributed by atoms with Gasteiger partial charge in [-0.05, 0) is 17.7 Å². The Labute approximate surface area is 98.7 Å². The number of amides is 1. The van der Waals surface area contributed by atoms with Gasteiger partial charge in [0.25, 0.3) is 5.91 Å². The van der Waals surface area contributed by atoms with Crippen LogP contribution in [0.1, 0.15) is 15.9 Å². The van der Waals surface area contributed by atoms with Crippen LogP contribution in [0.25, 0.3) is 0 Å². The number of aliphatic hydroxyl groups is 1. The number of hydrogen-bond acceptors (Lipinski definition) is 3. The molecule has 0 bridgehead atoms. The van der Waals surface area contributed by atoms with Crippen LogP contribution < -0.4 is 5.32 Å². The van der Waals surface area contributed by atoms with E-state index in [1.54, 1.807) is 42.2 Å². The number of nitrogens with zero attached hydrogens (tertiary/aromatic N) is 2. The van der Waals surface area contributed by atoms with Crippen molar-refractivity contribution in [2.45, 2.75) is 6.61 Å². The minimum Gasteiger partial charge on any atom is -0.392 e. The molecule has 0 fully saturated rings. The van der Waals surface area contributed by atoms with Crippen LogP contribution in [0.2, 0.25) is 0 Å². The van der Waals surface area contributed by atoms with Crippen molar-refractivity contribution in [3.8, 4) is 0 Å². The summed E-state index contributed by atoms with van der Waals surface area (Å²) in [6.07, 6.45) is 3.15. The zero-order valence-electron chi connectivity index (χ0n) is 9.42. The van der Waals surface area contributed by atoms with E-state index in [4.69, 9.17) is 5.11 Å². The van der Waals surface area contributed by atoms with Gasteiger partial charge in [0, 0.05) is 18.9 Å². The molecular formula is C12H13N3O2. The maximum absolute atomic E-state index is 11.8. The molecule has 88 valence electrons. The number of benzene rings is 1. The molecule has 1 amide bonds. The minimum absolute atomic E-state index is 0.0450. The molecule has 1 aromatic carbocycles. The summed E-state index contributed by atoms with van der Waals surface area (Å²) in [4.78, 5) is 11.8. The van der Waals surface area contributed by atoms with Crippen molar-refractivity contribution in [3.63, 3.8) is 0 Å². The third-order valence-electron chi connectivity index (χ3n) is 2.33. The second kappa shape index (κ2) is 4.80. The van der Waals surface area contributed by atoms with Crippen molar-refractivity contribution in [1.82, 2.24) is 9.78 Å². The first-order valence-electron chi connectivity index (χ1n) is 5.19. The molecule has 5 heteroatoms. The first-order chi connectivity index (χ1) is 8.19. The third-order valence-corrected chi connectivity index (χ3v) is 2.33. The molecule has 0 unspecified atom stereocenters. The Morgan fingerprint density at radius 2 is 2.35 bits per heavy atom. The van der Waals surface area contributed by atoms with Crippen molar-refractivity contribution < 1.29 is 9.90 Å². The largest absolute Gasteiger partial charge is 0.392 e. The van der Waals surface area contributed by atoms with Gasteiger partial charge in [-0.25, -0.2) is 0 Å². The number of carbonyl (C=O) groups is 1. The second-order valence-electron chi connectivity index (χ2n) is 3.72. The molecule has 0 saturated carbocycles. The normalized spacial score (nSPS) is 10.2. The quantitative estimate of drug-likeness (QED) is 0.833. The van der Waals surface area contributed by atoms with Gasteiger partial charge < -0.3 is 10.4 Å². The Morgan fingerprint density at radius 1 is 1.53 bits per heavy atom. The van der Waals surface area contributed by atoms with E-state index in [9.17, 15) is 4.79 Å². The van der Waals surface area contributed by atoms with Crippen molar-refractivity contribution in [1.29, 1.82) is 0 Å². The van der Waals surface area contributed by atoms with E-state index in [-0.39, 0.29) is 12.5 Å². The van der Waals surface area contributed by atoms with Crippen LogP contribution in [0.3, 0.4) is 0 Å². The number of aryl methyl sites for hydroxylation is 1. The summed E-state index contributed by atoms with van der Waals surface area (Å²) in [5.41, 5.74) is 1.92. The number of aromatic nitrogens is 2. The summed E-state index contributed by atoms with van der Waals surface area (Å²) in [7, 11) is 1.75. The standard InChI is InChI=1S/C12H13N3O2/c1-15-7-10(6-13-15)12(17)14-11-4-2-3-9(5-11)8-16/h2-7,16H,8H2,1H3,(H,14,17). The molecule has 0 aliphatic rings. The predicted molar refractivity (Wildman–Crippen MR) is 63.5 cm³/mol. The van der Waals surface area contributed by atoms with Gasteiger partial charge >= 0.3 is 0 Å². The number of hydrogen-bond donors (Lipinski definition) is 2. The summed E-state index contributed by atoms with van der Waals surface area (Å²) in [6.45, 7) is -0.0450. The van der Waals surface area contributed by atoms with E-state index in [2.05, 4.69) is 10.4 Å². The molecule has 0 saturated heterocycles. The van der Waals surface area contributed by atoms with Gasteiger partial charge in [0.1, 0.15) is 0 Å². The average molecular weight is 231 g/mol. The fourth-order valence-electron chi connectivity index (χ4n) is 1.49. The Morgan fingerprint density at radius 3 is 3.00 bits per heavy atom. The van der Waals surface area contributed by atoms with Gasteiger partial charge in [-0.3, -0.25) is 9.48 Å². The molecular weight excluding hydrogens is 218 g/mol. The lowest BCUT2D eigenvalue weighted by Crippen LogP contribution is -2.11. The first-order valence-corrected chi connectivity index (χ1v) is 5.19. The average Bonchev–Trinajstić information content (AvgIpc) is 2.76. The highest BCUT2D eigenvalue weighted by Gasteiger charge is 2.07. The van der Waals surface area contributed by atoms with E-state index in [0.717, 1.165) is 5.56 Å². The predicted octanol–water partition coefficient (Wildman–Crippen LogP) is 1.16. The molecule has 5 nitrogen and oxygen atoms in total. The number of rotatable bonds is 3. The SMILES string of the molecule is Cn1cc(C(=O)Nc2cccc(CO)c2)cn1. The maximum Gasteiger partial charge on any atom is 0.258 e. The van der Waals surface area contributed by atoms with Crippen LogP contribution in [-0.2, 0) is 13.7 Å². The van der Waals surface area contributed by atoms with Crippen LogP contribution >= 0.6 is 0 Å². The summed E-state index contributed by atoms with van der Waals surface area (Å²) in [5.74, 6) is -0.215. The zero-order valence-corrected chi connectivity index (χ0v) is 9.42. The summed E-state index contributed by atoms with van der Waals surface area (Å²) >= 11 is 0. The molecule has 0 aliphatic heterocycles. The van der Waals surface area contributed by atoms with Gasteiger partial charge in [-0.2, -0.15) is 5.10 Å². The Kier molecular flexibility index (Phi) is 3.20. The fourth-order valence-corrected chi connectivity index (χ4v) is 1.49. The molecule has 2 N–H and O–H groups in total. The van der Waals surface area contributed by atoms with Crippen LogP contribution in [0, 0.1) is 0 Å². The molecule has 1 aromatic heterocycles. The fraction of sp³-hybridized carbons (Fsp3) is 0.167. The van der Waals surface area contributed by atoms with Crippen LogP contribution in [-0.4, -0.2) is 20.8 Å². The topological polar surface area (TPSA) is 67.2 Å². The lowest BCUT2D eigenvalue weighted by molar-refractivity contribution is 0.102. The number of nitrogens with one attached hydrogen (secondary N) is 1. The lowest BCUT2D eigenvalue weighted by Gasteiger charge is -2.04. The van der Waals surface area contributed by atoms with Gasteiger partial charge in [0.05, 0.1) is 18.4 Å². The Bertz CT molecular complexity index is 534. The van der Waals surface area contributed by atoms with Crippen LogP contribution in [0.4, 0.5) is 5.69 Å². The molecule has 0 radical (unpaired) electrons. The van der Waals surface area contributed by atoms with Crippen LogP contribution in [0.5, 0.6) is 0 Å². The monoisotopic (exact) mass is 231 g/mol. The lowest BCUT2D eigenvalue weighted by atomic mass is 10.2. The van der Waals surface area contributed by atoms with Crippen molar-refractivity contribution in [2.75, 3.05) is 5.32 Å². The Balaban J connectivity index is 2.12. The molecule has 0 atom stereocenters. The van der Waals surface area contributed by atoms with E-state index in [1.165, 1.54) is 6.20 Å². The van der Waals surface area contributed by atoms with E-state index < -0.39 is 0 Å². The van der Waals surface area contributed by atoms with E-state index >= 15 is 0 Å². The highest BCUT2D eigenvalue weighted by atomic mass is 16.3. The summed E-state index contributed by atoms with van der Waals surface area (Å²) in [6, 6.07) is 7.08. The zero-order chi connectivity index (χ0) is 12.3. The minimum atomic E-state index is -0.215. The second-order valence-corrected chi connectivity index (χ2v) is 3.72. The van der Waals surface area contributed by atoms with Crippen molar-refractivity contribution >= 4 is 11.6 Å². The van der Waals surface area contributed by atoms with Gasteiger partial charge in [0.2, 0.25) is 0 Å². The molecule has 1 heterocycles. The number of aliphatic hydroxyl groups excluding tert-OH is 1. The van der Waals surface area contributed by atoms with Crippen LogP contribution in [0.15, 0.2) is 36.7 Å². The van der Waals surface area contributed by atoms with Gasteiger partial charge in [-0.1, -0.05) is 12.1 Å². The smallest absolute Gasteiger partial charge is 0.258 e. The molecule has 0 spiro atoms. The highest BCUT2D eigenvalue weighted by Crippen LogP contribution is 2.12. The first kappa shape index (κ1) is 11.3. The molecule has 17 heavy (non-hydrogen) atoms. The maximum atomic E-state index is 11.8. The molecule has 2 aromatic rings. The van der Waals surface area contributed by atoms with Gasteiger partial charge in [0.15, 0.2) is 0 Å². The van der Waals surface area contributed by atoms with Crippen molar-refractivity contribution in [2.24, 2.45) is 7.05 Å². The van der Waals surface area contributed by atoms with Crippen molar-refractivity contribution in [3.05, 3.63) is 47.8 Å². The summed E-state index contributed by atoms with van der Waals surface area (Å²) in [5, 5.41) is 15.7. The highest BCUT2D eigenvalue weighted by molar-refractivity contribution is 6.03. The molecule has 2 rings (SSSR count). The number of carbonyl (C=O) groups excluding carboxylic acids is 1. The van der Waals surface area contributed by atoms with E-state index in [1.807, 2.05) is 0 Å². The van der Waals surface area contributed by atoms with E-state index in [0.29, 0.717) is 11.3 Å². The number of anilines is 1. The Hall–Kier alpha value is -2.14. The molecule has 0 aliphatic carbocycles. The third kappa shape index (κ3) is 2.70.